The second-order valence-corrected chi connectivity index (χ2v) is 5.07. The highest BCUT2D eigenvalue weighted by molar-refractivity contribution is 5.37. The number of nitrogens with one attached hydrogen (secondary N) is 1. The van der Waals surface area contributed by atoms with Gasteiger partial charge in [0.25, 0.3) is 0 Å². The van der Waals surface area contributed by atoms with Crippen molar-refractivity contribution < 1.29 is 0 Å². The van der Waals surface area contributed by atoms with Gasteiger partial charge in [-0.25, -0.2) is 4.98 Å². The largest absolute Gasteiger partial charge is 0.363 e. The zero-order chi connectivity index (χ0) is 11.5. The van der Waals surface area contributed by atoms with E-state index in [0.717, 1.165) is 24.3 Å². The van der Waals surface area contributed by atoms with Gasteiger partial charge in [0.15, 0.2) is 0 Å². The van der Waals surface area contributed by atoms with Crippen molar-refractivity contribution in [3.05, 3.63) is 23.9 Å². The van der Waals surface area contributed by atoms with Crippen LogP contribution in [-0.4, -0.2) is 25.1 Å². The van der Waals surface area contributed by atoms with Gasteiger partial charge in [-0.05, 0) is 30.4 Å². The van der Waals surface area contributed by atoms with E-state index in [1.807, 2.05) is 25.2 Å². The number of nitrogens with zero attached hydrogens (tertiary/aromatic N) is 2. The van der Waals surface area contributed by atoms with Crippen molar-refractivity contribution in [3.63, 3.8) is 0 Å². The minimum absolute atomic E-state index is 0.725. The van der Waals surface area contributed by atoms with Crippen molar-refractivity contribution >= 4 is 5.82 Å². The van der Waals surface area contributed by atoms with Gasteiger partial charge in [-0.15, -0.1) is 0 Å². The van der Waals surface area contributed by atoms with Crippen LogP contribution < -0.4 is 10.2 Å². The van der Waals surface area contributed by atoms with Gasteiger partial charge in [0.1, 0.15) is 5.82 Å². The van der Waals surface area contributed by atoms with Gasteiger partial charge in [0.2, 0.25) is 0 Å². The maximum Gasteiger partial charge on any atom is 0.127 e. The molecule has 1 saturated carbocycles. The molecule has 0 bridgehead atoms. The fraction of sp³-hybridized carbons (Fsp3) is 0.615. The summed E-state index contributed by atoms with van der Waals surface area (Å²) in [5.74, 6) is 1.92. The van der Waals surface area contributed by atoms with Crippen molar-refractivity contribution in [1.29, 1.82) is 0 Å². The molecule has 0 saturated heterocycles. The topological polar surface area (TPSA) is 28.2 Å². The molecule has 1 aromatic heterocycles. The minimum atomic E-state index is 0.725. The van der Waals surface area contributed by atoms with Crippen LogP contribution in [0.4, 0.5) is 5.82 Å². The molecule has 0 radical (unpaired) electrons. The molecular weight excluding hydrogens is 198 g/mol. The molecule has 0 amide bonds. The highest BCUT2D eigenvalue weighted by atomic mass is 15.1. The molecule has 0 unspecified atom stereocenters. The molecule has 0 aromatic carbocycles. The molecule has 1 aromatic rings. The van der Waals surface area contributed by atoms with Crippen LogP contribution >= 0.6 is 0 Å². The van der Waals surface area contributed by atoms with Gasteiger partial charge >= 0.3 is 0 Å². The number of pyridine rings is 1. The summed E-state index contributed by atoms with van der Waals surface area (Å²) < 4.78 is 0. The van der Waals surface area contributed by atoms with Crippen LogP contribution in [0.1, 0.15) is 25.3 Å². The maximum atomic E-state index is 4.40. The molecule has 16 heavy (non-hydrogen) atoms. The van der Waals surface area contributed by atoms with E-state index in [9.17, 15) is 0 Å². The molecule has 3 heteroatoms. The van der Waals surface area contributed by atoms with E-state index in [4.69, 9.17) is 0 Å². The van der Waals surface area contributed by atoms with Gasteiger partial charge < -0.3 is 10.2 Å². The molecule has 88 valence electrons. The standard InChI is InChI=1S/C13H21N3/c1-10-6-12(7-10)14-8-11-4-5-13(15-9-11)16(2)3/h4-5,9-10,12,14H,6-8H2,1-3H3. The lowest BCUT2D eigenvalue weighted by molar-refractivity contribution is 0.240. The van der Waals surface area contributed by atoms with Crippen LogP contribution in [0.3, 0.4) is 0 Å². The Bertz CT molecular complexity index is 326. The Balaban J connectivity index is 1.81. The van der Waals surface area contributed by atoms with Gasteiger partial charge in [0.05, 0.1) is 0 Å². The Labute approximate surface area is 97.9 Å². The number of hydrogen-bond acceptors (Lipinski definition) is 3. The zero-order valence-electron chi connectivity index (χ0n) is 10.4. The average Bonchev–Trinajstić information content (AvgIpc) is 2.23. The molecule has 1 heterocycles. The third kappa shape index (κ3) is 2.73. The Morgan fingerprint density at radius 1 is 1.38 bits per heavy atom. The zero-order valence-corrected chi connectivity index (χ0v) is 10.4. The first kappa shape index (κ1) is 11.4. The first-order valence-corrected chi connectivity index (χ1v) is 6.01. The van der Waals surface area contributed by atoms with E-state index in [2.05, 4.69) is 29.4 Å². The highest BCUT2D eigenvalue weighted by Crippen LogP contribution is 2.26. The molecule has 1 N–H and O–H groups in total. The first-order chi connectivity index (χ1) is 7.65. The second-order valence-electron chi connectivity index (χ2n) is 5.07. The predicted octanol–water partition coefficient (Wildman–Crippen LogP) is 2.04. The summed E-state index contributed by atoms with van der Waals surface area (Å²) in [4.78, 5) is 6.42. The smallest absolute Gasteiger partial charge is 0.127 e. The lowest BCUT2D eigenvalue weighted by Gasteiger charge is -2.33. The van der Waals surface area contributed by atoms with Crippen molar-refractivity contribution in [2.45, 2.75) is 32.4 Å². The van der Waals surface area contributed by atoms with Gasteiger partial charge in [-0.1, -0.05) is 13.0 Å². The summed E-state index contributed by atoms with van der Waals surface area (Å²) >= 11 is 0. The Kier molecular flexibility index (Phi) is 3.44. The second kappa shape index (κ2) is 4.83. The first-order valence-electron chi connectivity index (χ1n) is 6.01. The summed E-state index contributed by atoms with van der Waals surface area (Å²) in [5.41, 5.74) is 1.27. The lowest BCUT2D eigenvalue weighted by atomic mass is 9.82. The number of hydrogen-bond donors (Lipinski definition) is 1. The average molecular weight is 219 g/mol. The summed E-state index contributed by atoms with van der Waals surface area (Å²) in [5, 5.41) is 3.56. The molecule has 0 spiro atoms. The van der Waals surface area contributed by atoms with E-state index in [-0.39, 0.29) is 0 Å². The monoisotopic (exact) mass is 219 g/mol. The SMILES string of the molecule is CC1CC(NCc2ccc(N(C)C)nc2)C1. The number of rotatable bonds is 4. The Hall–Kier alpha value is -1.09. The van der Waals surface area contributed by atoms with Crippen LogP contribution in [0, 0.1) is 5.92 Å². The third-order valence-corrected chi connectivity index (χ3v) is 3.24. The normalized spacial score (nSPS) is 23.9. The number of anilines is 1. The van der Waals surface area contributed by atoms with Crippen LogP contribution in [0.5, 0.6) is 0 Å². The van der Waals surface area contributed by atoms with E-state index in [1.54, 1.807) is 0 Å². The fourth-order valence-corrected chi connectivity index (χ4v) is 2.12. The van der Waals surface area contributed by atoms with Crippen LogP contribution in [0.15, 0.2) is 18.3 Å². The molecule has 1 fully saturated rings. The molecular formula is C13H21N3. The van der Waals surface area contributed by atoms with Gasteiger partial charge in [0, 0.05) is 32.9 Å². The molecule has 1 aliphatic rings. The van der Waals surface area contributed by atoms with Crippen LogP contribution in [0.25, 0.3) is 0 Å². The van der Waals surface area contributed by atoms with E-state index in [0.29, 0.717) is 0 Å². The van der Waals surface area contributed by atoms with Gasteiger partial charge in [-0.2, -0.15) is 0 Å². The summed E-state index contributed by atoms with van der Waals surface area (Å²) in [6.45, 7) is 3.25. The van der Waals surface area contributed by atoms with Crippen molar-refractivity contribution in [2.75, 3.05) is 19.0 Å². The summed E-state index contributed by atoms with van der Waals surface area (Å²) in [6, 6.07) is 4.95. The minimum Gasteiger partial charge on any atom is -0.363 e. The quantitative estimate of drug-likeness (QED) is 0.840. The molecule has 0 atom stereocenters. The third-order valence-electron chi connectivity index (χ3n) is 3.24. The summed E-state index contributed by atoms with van der Waals surface area (Å²) in [7, 11) is 4.02. The fourth-order valence-electron chi connectivity index (χ4n) is 2.12. The van der Waals surface area contributed by atoms with E-state index >= 15 is 0 Å². The highest BCUT2D eigenvalue weighted by Gasteiger charge is 2.24. The maximum absolute atomic E-state index is 4.40. The van der Waals surface area contributed by atoms with Crippen LogP contribution in [-0.2, 0) is 6.54 Å². The predicted molar refractivity (Wildman–Crippen MR) is 67.6 cm³/mol. The molecule has 2 rings (SSSR count). The van der Waals surface area contributed by atoms with Gasteiger partial charge in [-0.3, -0.25) is 0 Å². The van der Waals surface area contributed by atoms with Crippen molar-refractivity contribution in [3.8, 4) is 0 Å². The van der Waals surface area contributed by atoms with Crippen molar-refractivity contribution in [2.24, 2.45) is 5.92 Å². The molecule has 3 nitrogen and oxygen atoms in total. The lowest BCUT2D eigenvalue weighted by Crippen LogP contribution is -2.39. The molecule has 1 aliphatic carbocycles. The Morgan fingerprint density at radius 2 is 2.12 bits per heavy atom. The Morgan fingerprint density at radius 3 is 2.62 bits per heavy atom. The van der Waals surface area contributed by atoms with E-state index < -0.39 is 0 Å². The van der Waals surface area contributed by atoms with Crippen LogP contribution in [0.2, 0.25) is 0 Å². The number of aromatic nitrogens is 1. The molecule has 0 aliphatic heterocycles. The van der Waals surface area contributed by atoms with Crippen molar-refractivity contribution in [1.82, 2.24) is 10.3 Å². The van der Waals surface area contributed by atoms with E-state index in [1.165, 1.54) is 18.4 Å². The summed E-state index contributed by atoms with van der Waals surface area (Å²) in [6.07, 6.45) is 4.61.